The largest absolute Gasteiger partial charge is 0.491 e. The van der Waals surface area contributed by atoms with Crippen LogP contribution in [0.5, 0.6) is 0 Å². The predicted molar refractivity (Wildman–Crippen MR) is 35.7 cm³/mol. The third-order valence-electron chi connectivity index (χ3n) is 0.943. The van der Waals surface area contributed by atoms with Crippen molar-refractivity contribution in [2.45, 2.75) is 0 Å². The lowest BCUT2D eigenvalue weighted by atomic mass is 10.4. The molecule has 0 saturated carbocycles. The van der Waals surface area contributed by atoms with Crippen LogP contribution in [-0.2, 0) is 4.74 Å². The molecule has 1 nitrogen and oxygen atoms in total. The van der Waals surface area contributed by atoms with Crippen LogP contribution in [0.3, 0.4) is 0 Å². The monoisotopic (exact) mass is 182 g/mol. The highest BCUT2D eigenvalue weighted by molar-refractivity contribution is 5.26. The van der Waals surface area contributed by atoms with Gasteiger partial charge < -0.3 is 4.74 Å². The molecule has 0 atom stereocenters. The van der Waals surface area contributed by atoms with E-state index in [-0.39, 0.29) is 6.33 Å². The number of rotatable bonds is 3. The molecule has 0 fully saturated rings. The van der Waals surface area contributed by atoms with E-state index < -0.39 is 23.7 Å². The minimum atomic E-state index is -1.53. The van der Waals surface area contributed by atoms with Crippen LogP contribution in [-0.4, -0.2) is 7.11 Å². The SMILES string of the molecule is COC(/C(F)=C/F)=C(F)/C=C/F. The van der Waals surface area contributed by atoms with Gasteiger partial charge in [-0.25, -0.2) is 17.6 Å². The molecule has 68 valence electrons. The molecule has 0 amide bonds. The maximum atomic E-state index is 12.5. The fourth-order valence-corrected chi connectivity index (χ4v) is 0.490. The van der Waals surface area contributed by atoms with Gasteiger partial charge in [0, 0.05) is 6.08 Å². The molecular weight excluding hydrogens is 176 g/mol. The number of halogens is 4. The summed E-state index contributed by atoms with van der Waals surface area (Å²) in [6, 6.07) is 0. The minimum Gasteiger partial charge on any atom is -0.491 e. The van der Waals surface area contributed by atoms with E-state index >= 15 is 0 Å². The number of hydrogen-bond donors (Lipinski definition) is 0. The van der Waals surface area contributed by atoms with Crippen LogP contribution in [0.25, 0.3) is 0 Å². The highest BCUT2D eigenvalue weighted by Gasteiger charge is 2.10. The molecule has 0 spiro atoms. The zero-order valence-electron chi connectivity index (χ0n) is 6.15. The van der Waals surface area contributed by atoms with Gasteiger partial charge in [0.2, 0.25) is 0 Å². The number of hydrogen-bond acceptors (Lipinski definition) is 1. The first kappa shape index (κ1) is 10.7. The molecule has 0 aliphatic heterocycles. The second-order valence-corrected chi connectivity index (χ2v) is 1.63. The fraction of sp³-hybridized carbons (Fsp3) is 0.143. The van der Waals surface area contributed by atoms with Crippen molar-refractivity contribution in [1.29, 1.82) is 0 Å². The van der Waals surface area contributed by atoms with E-state index in [0.29, 0.717) is 6.08 Å². The Hall–Kier alpha value is -1.26. The quantitative estimate of drug-likeness (QED) is 0.370. The zero-order valence-corrected chi connectivity index (χ0v) is 6.15. The lowest BCUT2D eigenvalue weighted by Gasteiger charge is -2.01. The van der Waals surface area contributed by atoms with Crippen molar-refractivity contribution in [1.82, 2.24) is 0 Å². The number of methoxy groups -OCH3 is 1. The Kier molecular flexibility index (Phi) is 4.83. The standard InChI is InChI=1S/C7H6F4O/c1-12-7(6(11)4-9)5(10)2-3-8/h2-4H,1H3/b3-2+,6-4-,7-5-. The highest BCUT2D eigenvalue weighted by atomic mass is 19.2. The second kappa shape index (κ2) is 5.40. The molecule has 0 aromatic carbocycles. The van der Waals surface area contributed by atoms with E-state index in [4.69, 9.17) is 0 Å². The Balaban J connectivity index is 4.85. The molecule has 0 aromatic rings. The maximum absolute atomic E-state index is 12.5. The Morgan fingerprint density at radius 2 is 1.83 bits per heavy atom. The highest BCUT2D eigenvalue weighted by Crippen LogP contribution is 2.19. The Morgan fingerprint density at radius 1 is 1.25 bits per heavy atom. The fourth-order valence-electron chi connectivity index (χ4n) is 0.490. The number of ether oxygens (including phenoxy) is 1. The van der Waals surface area contributed by atoms with E-state index in [9.17, 15) is 17.6 Å². The first-order valence-corrected chi connectivity index (χ1v) is 2.84. The Labute approximate surface area is 66.6 Å². The van der Waals surface area contributed by atoms with E-state index in [1.165, 1.54) is 0 Å². The third-order valence-corrected chi connectivity index (χ3v) is 0.943. The molecule has 0 rings (SSSR count). The third kappa shape index (κ3) is 2.77. The molecular formula is C7H6F4O. The van der Waals surface area contributed by atoms with Gasteiger partial charge >= 0.3 is 0 Å². The van der Waals surface area contributed by atoms with Crippen molar-refractivity contribution < 1.29 is 22.3 Å². The van der Waals surface area contributed by atoms with Gasteiger partial charge in [0.05, 0.1) is 13.4 Å². The average molecular weight is 182 g/mol. The molecule has 5 heteroatoms. The summed E-state index contributed by atoms with van der Waals surface area (Å²) in [5.41, 5.74) is 0. The lowest BCUT2D eigenvalue weighted by Crippen LogP contribution is -1.89. The summed E-state index contributed by atoms with van der Waals surface area (Å²) in [7, 11) is 0.935. The molecule has 0 N–H and O–H groups in total. The van der Waals surface area contributed by atoms with Gasteiger partial charge in [0.15, 0.2) is 17.4 Å². The summed E-state index contributed by atoms with van der Waals surface area (Å²) in [6.07, 6.45) is -0.327. The van der Waals surface area contributed by atoms with Gasteiger partial charge in [-0.05, 0) is 0 Å². The van der Waals surface area contributed by atoms with Gasteiger partial charge in [0.1, 0.15) is 6.33 Å². The van der Waals surface area contributed by atoms with Crippen molar-refractivity contribution in [2.24, 2.45) is 0 Å². The molecule has 12 heavy (non-hydrogen) atoms. The molecule has 0 saturated heterocycles. The van der Waals surface area contributed by atoms with Crippen molar-refractivity contribution in [3.05, 3.63) is 36.1 Å². The van der Waals surface area contributed by atoms with Gasteiger partial charge in [-0.3, -0.25) is 0 Å². The Bertz CT molecular complexity index is 230. The van der Waals surface area contributed by atoms with Crippen LogP contribution < -0.4 is 0 Å². The van der Waals surface area contributed by atoms with Gasteiger partial charge in [-0.2, -0.15) is 0 Å². The van der Waals surface area contributed by atoms with Crippen molar-refractivity contribution in [3.8, 4) is 0 Å². The molecule has 0 aliphatic carbocycles. The topological polar surface area (TPSA) is 9.23 Å². The number of allylic oxidation sites excluding steroid dienone is 3. The van der Waals surface area contributed by atoms with Crippen molar-refractivity contribution >= 4 is 0 Å². The van der Waals surface area contributed by atoms with E-state index in [1.54, 1.807) is 0 Å². The summed E-state index contributed by atoms with van der Waals surface area (Å²) in [4.78, 5) is 0. The van der Waals surface area contributed by atoms with E-state index in [0.717, 1.165) is 7.11 Å². The van der Waals surface area contributed by atoms with Gasteiger partial charge in [0.25, 0.3) is 0 Å². The first-order chi connectivity index (χ1) is 5.67. The van der Waals surface area contributed by atoms with Gasteiger partial charge in [-0.15, -0.1) is 0 Å². The minimum absolute atomic E-state index is 0.153. The van der Waals surface area contributed by atoms with E-state index in [1.807, 2.05) is 0 Å². The van der Waals surface area contributed by atoms with Crippen LogP contribution in [0.1, 0.15) is 0 Å². The van der Waals surface area contributed by atoms with Crippen molar-refractivity contribution in [3.63, 3.8) is 0 Å². The van der Waals surface area contributed by atoms with Crippen molar-refractivity contribution in [2.75, 3.05) is 7.11 Å². The molecule has 0 heterocycles. The summed E-state index contributed by atoms with van der Waals surface area (Å²) in [5.74, 6) is -3.84. The van der Waals surface area contributed by atoms with Crippen LogP contribution in [0.15, 0.2) is 36.1 Å². The molecule has 0 aromatic heterocycles. The summed E-state index contributed by atoms with van der Waals surface area (Å²) in [6.45, 7) is 0. The van der Waals surface area contributed by atoms with Gasteiger partial charge in [-0.1, -0.05) is 0 Å². The summed E-state index contributed by atoms with van der Waals surface area (Å²) >= 11 is 0. The normalized spacial score (nSPS) is 14.9. The predicted octanol–water partition coefficient (Wildman–Crippen LogP) is 3.08. The summed E-state index contributed by atoms with van der Waals surface area (Å²) < 4.78 is 51.7. The first-order valence-electron chi connectivity index (χ1n) is 2.84. The molecule has 0 bridgehead atoms. The van der Waals surface area contributed by atoms with Crippen LogP contribution >= 0.6 is 0 Å². The average Bonchev–Trinajstić information content (AvgIpc) is 2.06. The van der Waals surface area contributed by atoms with E-state index in [2.05, 4.69) is 4.74 Å². The van der Waals surface area contributed by atoms with Crippen LogP contribution in [0.2, 0.25) is 0 Å². The smallest absolute Gasteiger partial charge is 0.196 e. The van der Waals surface area contributed by atoms with Crippen LogP contribution in [0, 0.1) is 0 Å². The van der Waals surface area contributed by atoms with Crippen LogP contribution in [0.4, 0.5) is 17.6 Å². The molecule has 0 radical (unpaired) electrons. The second-order valence-electron chi connectivity index (χ2n) is 1.63. The Morgan fingerprint density at radius 3 is 2.17 bits per heavy atom. The maximum Gasteiger partial charge on any atom is 0.196 e. The lowest BCUT2D eigenvalue weighted by molar-refractivity contribution is 0.267. The zero-order chi connectivity index (χ0) is 9.56. The molecule has 0 unspecified atom stereocenters. The summed E-state index contributed by atoms with van der Waals surface area (Å²) in [5, 5.41) is 0. The molecule has 0 aliphatic rings.